The lowest BCUT2D eigenvalue weighted by atomic mass is 9.91. The molecule has 1 fully saturated rings. The predicted molar refractivity (Wildman–Crippen MR) is 135 cm³/mol. The maximum Gasteiger partial charge on any atom is 0.226 e. The second-order valence-electron chi connectivity index (χ2n) is 9.54. The van der Waals surface area contributed by atoms with Gasteiger partial charge in [-0.2, -0.15) is 5.10 Å². The molecular formula is C27H29Cl2N3O2. The first kappa shape index (κ1) is 23.3. The van der Waals surface area contributed by atoms with Gasteiger partial charge in [0.1, 0.15) is 5.75 Å². The van der Waals surface area contributed by atoms with Crippen molar-refractivity contribution in [1.82, 2.24) is 15.1 Å². The van der Waals surface area contributed by atoms with Gasteiger partial charge in [-0.05, 0) is 86.9 Å². The summed E-state index contributed by atoms with van der Waals surface area (Å²) in [6.45, 7) is 4.77. The van der Waals surface area contributed by atoms with Crippen LogP contribution in [0.5, 0.6) is 5.75 Å². The molecule has 5 nitrogen and oxygen atoms in total. The van der Waals surface area contributed by atoms with Gasteiger partial charge in [0.25, 0.3) is 0 Å². The molecule has 2 aliphatic rings. The van der Waals surface area contributed by atoms with E-state index in [1.165, 1.54) is 5.56 Å². The number of aromatic amines is 1. The van der Waals surface area contributed by atoms with Crippen LogP contribution in [0.25, 0.3) is 11.1 Å². The number of ether oxygens (including phenoxy) is 1. The number of aromatic nitrogens is 2. The highest BCUT2D eigenvalue weighted by Crippen LogP contribution is 2.40. The number of benzene rings is 2. The fourth-order valence-electron chi connectivity index (χ4n) is 5.23. The lowest BCUT2D eigenvalue weighted by Gasteiger charge is -2.31. The monoisotopic (exact) mass is 497 g/mol. The van der Waals surface area contributed by atoms with Crippen LogP contribution in [0.3, 0.4) is 0 Å². The number of halogens is 2. The molecule has 1 amide bonds. The molecule has 0 radical (unpaired) electrons. The van der Waals surface area contributed by atoms with E-state index in [1.54, 1.807) is 0 Å². The van der Waals surface area contributed by atoms with E-state index >= 15 is 0 Å². The van der Waals surface area contributed by atoms with Crippen LogP contribution in [-0.2, 0) is 17.6 Å². The molecule has 7 heteroatoms. The Morgan fingerprint density at radius 1 is 1.12 bits per heavy atom. The predicted octanol–water partition coefficient (Wildman–Crippen LogP) is 6.64. The molecule has 178 valence electrons. The highest BCUT2D eigenvalue weighted by molar-refractivity contribution is 6.36. The van der Waals surface area contributed by atoms with Crippen molar-refractivity contribution in [3.63, 3.8) is 0 Å². The minimum absolute atomic E-state index is 0.106. The minimum atomic E-state index is -0.106. The standard InChI is InChI=1S/C27H29Cl2N3O2/c1-16(2)34-20-8-6-17(7-9-20)19-13-23(28)21(24(29)14-19)12-18-10-11-32(27(18)33)26-5-3-4-25-22(26)15-30-31-25/h6-9,13-16,18,26H,3-5,10-12H2,1-2H3,(H,30,31)/t18-,26?/m0/s1. The Balaban J connectivity index is 1.31. The molecule has 1 aliphatic heterocycles. The summed E-state index contributed by atoms with van der Waals surface area (Å²) in [6, 6.07) is 11.9. The number of rotatable bonds is 6. The van der Waals surface area contributed by atoms with Gasteiger partial charge in [0, 0.05) is 33.8 Å². The van der Waals surface area contributed by atoms with Crippen LogP contribution in [0.1, 0.15) is 56.0 Å². The van der Waals surface area contributed by atoms with Gasteiger partial charge in [-0.25, -0.2) is 0 Å². The molecule has 1 saturated heterocycles. The third-order valence-electron chi connectivity index (χ3n) is 6.89. The zero-order valence-electron chi connectivity index (χ0n) is 19.5. The number of fused-ring (bicyclic) bond motifs is 1. The lowest BCUT2D eigenvalue weighted by molar-refractivity contribution is -0.133. The molecular weight excluding hydrogens is 469 g/mol. The van der Waals surface area contributed by atoms with Crippen molar-refractivity contribution in [1.29, 1.82) is 0 Å². The third-order valence-corrected chi connectivity index (χ3v) is 7.57. The molecule has 1 unspecified atom stereocenters. The molecule has 34 heavy (non-hydrogen) atoms. The first-order valence-corrected chi connectivity index (χ1v) is 12.7. The first-order chi connectivity index (χ1) is 16.4. The van der Waals surface area contributed by atoms with Gasteiger partial charge in [0.15, 0.2) is 0 Å². The highest BCUT2D eigenvalue weighted by atomic mass is 35.5. The summed E-state index contributed by atoms with van der Waals surface area (Å²) >= 11 is 13.4. The number of amides is 1. The highest BCUT2D eigenvalue weighted by Gasteiger charge is 2.39. The van der Waals surface area contributed by atoms with Crippen molar-refractivity contribution in [3.8, 4) is 16.9 Å². The number of carbonyl (C=O) groups excluding carboxylic acids is 1. The number of nitrogens with one attached hydrogen (secondary N) is 1. The van der Waals surface area contributed by atoms with Crippen LogP contribution in [0.2, 0.25) is 10.0 Å². The van der Waals surface area contributed by atoms with E-state index in [0.717, 1.165) is 60.4 Å². The summed E-state index contributed by atoms with van der Waals surface area (Å²) in [6.07, 6.45) is 6.44. The summed E-state index contributed by atoms with van der Waals surface area (Å²) in [5.74, 6) is 0.916. The molecule has 3 aromatic rings. The largest absolute Gasteiger partial charge is 0.491 e. The molecule has 1 aromatic heterocycles. The summed E-state index contributed by atoms with van der Waals surface area (Å²) in [5, 5.41) is 8.50. The first-order valence-electron chi connectivity index (χ1n) is 12.0. The molecule has 0 bridgehead atoms. The quantitative estimate of drug-likeness (QED) is 0.415. The molecule has 0 spiro atoms. The summed E-state index contributed by atoms with van der Waals surface area (Å²) in [7, 11) is 0. The molecule has 0 saturated carbocycles. The number of aryl methyl sites for hydroxylation is 1. The second kappa shape index (κ2) is 9.63. The molecule has 1 N–H and O–H groups in total. The molecule has 5 rings (SSSR count). The van der Waals surface area contributed by atoms with Crippen LogP contribution in [0, 0.1) is 5.92 Å². The Morgan fingerprint density at radius 3 is 2.56 bits per heavy atom. The van der Waals surface area contributed by atoms with Crippen LogP contribution in [0.4, 0.5) is 0 Å². The van der Waals surface area contributed by atoms with Gasteiger partial charge in [0.05, 0.1) is 18.3 Å². The van der Waals surface area contributed by atoms with E-state index in [9.17, 15) is 4.79 Å². The van der Waals surface area contributed by atoms with E-state index in [-0.39, 0.29) is 24.0 Å². The zero-order valence-corrected chi connectivity index (χ0v) is 21.0. The van der Waals surface area contributed by atoms with Crippen molar-refractivity contribution in [2.45, 2.75) is 58.1 Å². The summed E-state index contributed by atoms with van der Waals surface area (Å²) in [5.41, 5.74) is 5.15. The van der Waals surface area contributed by atoms with Crippen molar-refractivity contribution >= 4 is 29.1 Å². The smallest absolute Gasteiger partial charge is 0.226 e. The number of hydrogen-bond acceptors (Lipinski definition) is 3. The third kappa shape index (κ3) is 4.56. The van der Waals surface area contributed by atoms with E-state index < -0.39 is 0 Å². The van der Waals surface area contributed by atoms with E-state index in [1.807, 2.05) is 61.3 Å². The maximum atomic E-state index is 13.4. The summed E-state index contributed by atoms with van der Waals surface area (Å²) in [4.78, 5) is 15.4. The van der Waals surface area contributed by atoms with Gasteiger partial charge in [-0.1, -0.05) is 35.3 Å². The normalized spacial score (nSPS) is 20.1. The van der Waals surface area contributed by atoms with Gasteiger partial charge >= 0.3 is 0 Å². The Bertz CT molecular complexity index is 1170. The Morgan fingerprint density at radius 2 is 1.85 bits per heavy atom. The van der Waals surface area contributed by atoms with E-state index in [4.69, 9.17) is 27.9 Å². The van der Waals surface area contributed by atoms with E-state index in [0.29, 0.717) is 16.5 Å². The number of carbonyl (C=O) groups is 1. The topological polar surface area (TPSA) is 58.2 Å². The minimum Gasteiger partial charge on any atom is -0.491 e. The second-order valence-corrected chi connectivity index (χ2v) is 10.4. The van der Waals surface area contributed by atoms with Crippen molar-refractivity contribution in [2.75, 3.05) is 6.54 Å². The van der Waals surface area contributed by atoms with E-state index in [2.05, 4.69) is 10.2 Å². The maximum absolute atomic E-state index is 13.4. The van der Waals surface area contributed by atoms with Crippen molar-refractivity contribution < 1.29 is 9.53 Å². The van der Waals surface area contributed by atoms with Crippen LogP contribution in [0.15, 0.2) is 42.6 Å². The van der Waals surface area contributed by atoms with Crippen LogP contribution < -0.4 is 4.74 Å². The molecule has 2 atom stereocenters. The molecule has 2 aromatic carbocycles. The van der Waals surface area contributed by atoms with Crippen molar-refractivity contribution in [2.24, 2.45) is 5.92 Å². The lowest BCUT2D eigenvalue weighted by Crippen LogP contribution is -2.34. The molecule has 2 heterocycles. The fraction of sp³-hybridized carbons (Fsp3) is 0.407. The Kier molecular flexibility index (Phi) is 6.59. The van der Waals surface area contributed by atoms with Gasteiger partial charge in [-0.3, -0.25) is 9.89 Å². The Hall–Kier alpha value is -2.50. The average molecular weight is 498 g/mol. The van der Waals surface area contributed by atoms with Gasteiger partial charge in [0.2, 0.25) is 5.91 Å². The molecule has 1 aliphatic carbocycles. The summed E-state index contributed by atoms with van der Waals surface area (Å²) < 4.78 is 5.73. The number of hydrogen-bond donors (Lipinski definition) is 1. The zero-order chi connectivity index (χ0) is 23.8. The average Bonchev–Trinajstić information content (AvgIpc) is 3.43. The number of H-pyrrole nitrogens is 1. The van der Waals surface area contributed by atoms with Crippen LogP contribution >= 0.6 is 23.2 Å². The number of likely N-dealkylation sites (tertiary alicyclic amines) is 1. The SMILES string of the molecule is CC(C)Oc1ccc(-c2cc(Cl)c(C[C@@H]3CCN(C4CCCc5[nH]ncc54)C3=O)c(Cl)c2)cc1. The van der Waals surface area contributed by atoms with Gasteiger partial charge in [-0.15, -0.1) is 0 Å². The fourth-order valence-corrected chi connectivity index (χ4v) is 5.87. The Labute approximate surface area is 210 Å². The van der Waals surface area contributed by atoms with Crippen LogP contribution in [-0.4, -0.2) is 33.7 Å². The number of nitrogens with zero attached hydrogens (tertiary/aromatic N) is 2. The van der Waals surface area contributed by atoms with Gasteiger partial charge < -0.3 is 9.64 Å². The van der Waals surface area contributed by atoms with Crippen molar-refractivity contribution in [3.05, 3.63) is 69.5 Å².